The molecule has 0 bridgehead atoms. The van der Waals surface area contributed by atoms with Gasteiger partial charge in [0.2, 0.25) is 0 Å². The maximum atomic E-state index is 11.8. The van der Waals surface area contributed by atoms with Crippen molar-refractivity contribution >= 4 is 11.9 Å². The molecule has 0 spiro atoms. The average molecular weight is 235 g/mol. The molecule has 1 amide bonds. The van der Waals surface area contributed by atoms with E-state index in [1.165, 1.54) is 18.6 Å². The molecule has 90 valence electrons. The van der Waals surface area contributed by atoms with Gasteiger partial charge in [0.15, 0.2) is 0 Å². The van der Waals surface area contributed by atoms with Crippen LogP contribution in [0.4, 0.5) is 0 Å². The van der Waals surface area contributed by atoms with Crippen molar-refractivity contribution in [3.05, 3.63) is 24.3 Å². The molecule has 2 rings (SSSR count). The highest BCUT2D eigenvalue weighted by Crippen LogP contribution is 2.50. The summed E-state index contributed by atoms with van der Waals surface area (Å²) in [6, 6.07) is 0. The van der Waals surface area contributed by atoms with Gasteiger partial charge >= 0.3 is 5.97 Å². The molecule has 3 atom stereocenters. The second kappa shape index (κ2) is 3.80. The zero-order valence-corrected chi connectivity index (χ0v) is 9.54. The number of amides is 1. The van der Waals surface area contributed by atoms with Crippen molar-refractivity contribution in [1.82, 2.24) is 15.3 Å². The van der Waals surface area contributed by atoms with Gasteiger partial charge in [-0.1, -0.05) is 13.8 Å². The molecule has 1 heterocycles. The summed E-state index contributed by atoms with van der Waals surface area (Å²) in [6.07, 6.45) is 4.15. The van der Waals surface area contributed by atoms with E-state index in [4.69, 9.17) is 0 Å². The van der Waals surface area contributed by atoms with Gasteiger partial charge in [0.05, 0.1) is 6.20 Å². The van der Waals surface area contributed by atoms with Crippen molar-refractivity contribution in [2.24, 2.45) is 11.8 Å². The first kappa shape index (κ1) is 11.5. The minimum absolute atomic E-state index is 0.0828. The topological polar surface area (TPSA) is 92.2 Å². The number of carboxylic acid groups (broad SMARTS) is 1. The smallest absolute Gasteiger partial charge is 0.330 e. The van der Waals surface area contributed by atoms with Gasteiger partial charge in [-0.25, -0.2) is 9.78 Å². The van der Waals surface area contributed by atoms with Crippen LogP contribution in [0.5, 0.6) is 0 Å². The summed E-state index contributed by atoms with van der Waals surface area (Å²) >= 11 is 0. The third kappa shape index (κ3) is 1.65. The summed E-state index contributed by atoms with van der Waals surface area (Å²) in [4.78, 5) is 30.6. The molecule has 0 aliphatic heterocycles. The molecule has 17 heavy (non-hydrogen) atoms. The second-order valence-corrected chi connectivity index (χ2v) is 4.30. The Morgan fingerprint density at radius 2 is 2.00 bits per heavy atom. The Balaban J connectivity index is 2.17. The summed E-state index contributed by atoms with van der Waals surface area (Å²) in [7, 11) is 0. The number of carbonyl (C=O) groups excluding carboxylic acids is 1. The Morgan fingerprint density at radius 3 is 2.41 bits per heavy atom. The SMILES string of the molecule is CC1[C@@H](C)C1(NC(=O)c1cnccn1)C(=O)O. The number of carbonyl (C=O) groups is 2. The van der Waals surface area contributed by atoms with E-state index in [1.807, 2.05) is 0 Å². The fraction of sp³-hybridized carbons (Fsp3) is 0.455. The molecule has 6 nitrogen and oxygen atoms in total. The molecule has 2 N–H and O–H groups in total. The van der Waals surface area contributed by atoms with E-state index in [9.17, 15) is 14.7 Å². The zero-order valence-electron chi connectivity index (χ0n) is 9.54. The van der Waals surface area contributed by atoms with Gasteiger partial charge in [-0.2, -0.15) is 0 Å². The van der Waals surface area contributed by atoms with Gasteiger partial charge in [0, 0.05) is 12.4 Å². The maximum Gasteiger partial charge on any atom is 0.330 e. The Labute approximate surface area is 98.1 Å². The van der Waals surface area contributed by atoms with Crippen molar-refractivity contribution in [2.75, 3.05) is 0 Å². The number of hydrogen-bond donors (Lipinski definition) is 2. The molecule has 1 fully saturated rings. The Kier molecular flexibility index (Phi) is 2.57. The zero-order chi connectivity index (χ0) is 12.6. The molecule has 2 unspecified atom stereocenters. The van der Waals surface area contributed by atoms with Gasteiger partial charge in [0.25, 0.3) is 5.91 Å². The number of aromatic nitrogens is 2. The summed E-state index contributed by atoms with van der Waals surface area (Å²) < 4.78 is 0. The summed E-state index contributed by atoms with van der Waals surface area (Å²) in [5, 5.41) is 11.7. The van der Waals surface area contributed by atoms with E-state index in [1.54, 1.807) is 13.8 Å². The van der Waals surface area contributed by atoms with Crippen LogP contribution in [0, 0.1) is 11.8 Å². The maximum absolute atomic E-state index is 11.8. The molecule has 1 aromatic rings. The second-order valence-electron chi connectivity index (χ2n) is 4.30. The molecule has 1 aliphatic rings. The van der Waals surface area contributed by atoms with Crippen LogP contribution in [0.3, 0.4) is 0 Å². The summed E-state index contributed by atoms with van der Waals surface area (Å²) in [5.74, 6) is -1.67. The normalized spacial score (nSPS) is 30.7. The highest BCUT2D eigenvalue weighted by Gasteiger charge is 2.66. The van der Waals surface area contributed by atoms with E-state index in [-0.39, 0.29) is 17.5 Å². The lowest BCUT2D eigenvalue weighted by Crippen LogP contribution is -2.46. The number of nitrogens with zero attached hydrogens (tertiary/aromatic N) is 2. The molecule has 6 heteroatoms. The first-order valence-corrected chi connectivity index (χ1v) is 5.32. The third-order valence-electron chi connectivity index (χ3n) is 3.55. The molecule has 1 aliphatic carbocycles. The molecular formula is C11H13N3O3. The van der Waals surface area contributed by atoms with Gasteiger partial charge in [-0.3, -0.25) is 9.78 Å². The number of rotatable bonds is 3. The highest BCUT2D eigenvalue weighted by atomic mass is 16.4. The van der Waals surface area contributed by atoms with E-state index in [2.05, 4.69) is 15.3 Å². The quantitative estimate of drug-likeness (QED) is 0.786. The van der Waals surface area contributed by atoms with Crippen molar-refractivity contribution in [3.63, 3.8) is 0 Å². The van der Waals surface area contributed by atoms with Crippen LogP contribution in [0.25, 0.3) is 0 Å². The van der Waals surface area contributed by atoms with E-state index >= 15 is 0 Å². The number of hydrogen-bond acceptors (Lipinski definition) is 4. The largest absolute Gasteiger partial charge is 0.479 e. The van der Waals surface area contributed by atoms with Gasteiger partial charge < -0.3 is 10.4 Å². The van der Waals surface area contributed by atoms with E-state index in [0.29, 0.717) is 0 Å². The van der Waals surface area contributed by atoms with Crippen LogP contribution in [0.1, 0.15) is 24.3 Å². The van der Waals surface area contributed by atoms with Crippen LogP contribution >= 0.6 is 0 Å². The summed E-state index contributed by atoms with van der Waals surface area (Å²) in [6.45, 7) is 3.60. The van der Waals surface area contributed by atoms with Crippen molar-refractivity contribution in [3.8, 4) is 0 Å². The van der Waals surface area contributed by atoms with Crippen LogP contribution in [-0.2, 0) is 4.79 Å². The average Bonchev–Trinajstić information content (AvgIpc) is 2.84. The first-order chi connectivity index (χ1) is 8.00. The lowest BCUT2D eigenvalue weighted by atomic mass is 10.2. The minimum atomic E-state index is -1.16. The van der Waals surface area contributed by atoms with Gasteiger partial charge in [0.1, 0.15) is 11.2 Å². The fourth-order valence-electron chi connectivity index (χ4n) is 2.11. The third-order valence-corrected chi connectivity index (χ3v) is 3.55. The van der Waals surface area contributed by atoms with Crippen LogP contribution < -0.4 is 5.32 Å². The monoisotopic (exact) mass is 235 g/mol. The molecule has 1 aromatic heterocycles. The van der Waals surface area contributed by atoms with Gasteiger partial charge in [-0.05, 0) is 11.8 Å². The molecule has 0 saturated heterocycles. The standard InChI is InChI=1S/C11H13N3O3/c1-6-7(2)11(6,10(16)17)14-9(15)8-5-12-3-4-13-8/h3-7H,1-2H3,(H,14,15)(H,16,17)/t6-,7?,11?/m1/s1. The predicted molar refractivity (Wildman–Crippen MR) is 58.2 cm³/mol. The van der Waals surface area contributed by atoms with Crippen LogP contribution in [-0.4, -0.2) is 32.5 Å². The Morgan fingerprint density at radius 1 is 1.35 bits per heavy atom. The minimum Gasteiger partial charge on any atom is -0.479 e. The van der Waals surface area contributed by atoms with Crippen molar-refractivity contribution in [1.29, 1.82) is 0 Å². The van der Waals surface area contributed by atoms with E-state index in [0.717, 1.165) is 0 Å². The highest BCUT2D eigenvalue weighted by molar-refractivity contribution is 5.98. The molecule has 0 aromatic carbocycles. The fourth-order valence-corrected chi connectivity index (χ4v) is 2.11. The number of nitrogens with one attached hydrogen (secondary N) is 1. The lowest BCUT2D eigenvalue weighted by Gasteiger charge is -2.14. The van der Waals surface area contributed by atoms with Gasteiger partial charge in [-0.15, -0.1) is 0 Å². The van der Waals surface area contributed by atoms with Crippen molar-refractivity contribution in [2.45, 2.75) is 19.4 Å². The van der Waals surface area contributed by atoms with Crippen LogP contribution in [0.2, 0.25) is 0 Å². The Bertz CT molecular complexity index is 452. The van der Waals surface area contributed by atoms with E-state index < -0.39 is 17.4 Å². The predicted octanol–water partition coefficient (Wildman–Crippen LogP) is 0.316. The molecule has 1 saturated carbocycles. The van der Waals surface area contributed by atoms with Crippen molar-refractivity contribution < 1.29 is 14.7 Å². The number of aliphatic carboxylic acids is 1. The first-order valence-electron chi connectivity index (χ1n) is 5.32. The lowest BCUT2D eigenvalue weighted by molar-refractivity contribution is -0.141. The summed E-state index contributed by atoms with van der Waals surface area (Å²) in [5.41, 5.74) is -1.03. The Hall–Kier alpha value is -1.98. The van der Waals surface area contributed by atoms with Crippen LogP contribution in [0.15, 0.2) is 18.6 Å². The molecule has 0 radical (unpaired) electrons. The number of carboxylic acids is 1. The molecular weight excluding hydrogens is 222 g/mol.